The van der Waals surface area contributed by atoms with Crippen LogP contribution in [0.25, 0.3) is 6.08 Å². The van der Waals surface area contributed by atoms with Gasteiger partial charge in [0.1, 0.15) is 0 Å². The Morgan fingerprint density at radius 3 is 2.06 bits per heavy atom. The lowest BCUT2D eigenvalue weighted by atomic mass is 9.97. The van der Waals surface area contributed by atoms with Gasteiger partial charge in [0.25, 0.3) is 5.91 Å². The second kappa shape index (κ2) is 12.3. The number of amides is 1. The van der Waals surface area contributed by atoms with E-state index in [1.54, 1.807) is 25.1 Å². The molecule has 0 aliphatic heterocycles. The lowest BCUT2D eigenvalue weighted by Crippen LogP contribution is -2.19. The summed E-state index contributed by atoms with van der Waals surface area (Å²) in [6, 6.07) is 6.97. The standard InChI is InChI=1S/C18H11BrCl3F3O.C4H5NO/c1-9(26)12-4-2-10(6-14(12)19)3-5-13(18(23,24)25)11-7-15(20)17(22)16(21)8-11;1-2-3-4(5)6/h2-8,13H,1H3;1H3,(H2,5,6)/b5-3+;. The third-order valence-corrected chi connectivity index (χ3v) is 5.67. The number of hydrogen-bond donors (Lipinski definition) is 1. The molecular weight excluding hydrogens is 554 g/mol. The molecule has 1 atom stereocenters. The first-order chi connectivity index (χ1) is 14.8. The van der Waals surface area contributed by atoms with Gasteiger partial charge in [0.2, 0.25) is 0 Å². The smallest absolute Gasteiger partial charge is 0.359 e. The fourth-order valence-electron chi connectivity index (χ4n) is 2.41. The number of rotatable bonds is 4. The van der Waals surface area contributed by atoms with Gasteiger partial charge in [-0.25, -0.2) is 0 Å². The molecule has 1 amide bonds. The van der Waals surface area contributed by atoms with Gasteiger partial charge in [0.15, 0.2) is 5.78 Å². The van der Waals surface area contributed by atoms with Crippen molar-refractivity contribution in [2.45, 2.75) is 25.9 Å². The van der Waals surface area contributed by atoms with E-state index in [-0.39, 0.29) is 26.4 Å². The average Bonchev–Trinajstić information content (AvgIpc) is 2.65. The Hall–Kier alpha value is -1.98. The first-order valence-corrected chi connectivity index (χ1v) is 10.6. The SMILES string of the molecule is CC#CC(N)=O.CC(=O)c1ccc(/C=C/C(c2cc(Cl)c(Cl)c(Cl)c2)C(F)(F)F)cc1Br. The van der Waals surface area contributed by atoms with Crippen LogP contribution in [0, 0.1) is 11.8 Å². The molecule has 3 nitrogen and oxygen atoms in total. The Morgan fingerprint density at radius 2 is 1.69 bits per heavy atom. The normalized spacial score (nSPS) is 11.8. The van der Waals surface area contributed by atoms with E-state index in [0.717, 1.165) is 18.2 Å². The van der Waals surface area contributed by atoms with Crippen molar-refractivity contribution in [1.29, 1.82) is 0 Å². The van der Waals surface area contributed by atoms with Crippen LogP contribution in [0.1, 0.15) is 41.3 Å². The van der Waals surface area contributed by atoms with Crippen molar-refractivity contribution in [3.63, 3.8) is 0 Å². The average molecular weight is 570 g/mol. The summed E-state index contributed by atoms with van der Waals surface area (Å²) in [6.45, 7) is 2.97. The Labute approximate surface area is 206 Å². The number of alkyl halides is 3. The van der Waals surface area contributed by atoms with Gasteiger partial charge < -0.3 is 5.73 Å². The topological polar surface area (TPSA) is 60.2 Å². The molecule has 10 heteroatoms. The van der Waals surface area contributed by atoms with Gasteiger partial charge in [-0.05, 0) is 55.2 Å². The molecule has 0 aliphatic rings. The van der Waals surface area contributed by atoms with E-state index in [1.807, 2.05) is 0 Å². The van der Waals surface area contributed by atoms with Crippen molar-refractivity contribution in [1.82, 2.24) is 0 Å². The summed E-state index contributed by atoms with van der Waals surface area (Å²) in [5.74, 6) is 1.81. The van der Waals surface area contributed by atoms with E-state index in [0.29, 0.717) is 15.6 Å². The Balaban J connectivity index is 0.000000751. The zero-order chi connectivity index (χ0) is 24.6. The van der Waals surface area contributed by atoms with Crippen LogP contribution in [0.4, 0.5) is 13.2 Å². The minimum absolute atomic E-state index is 0.00531. The number of ketones is 1. The molecule has 170 valence electrons. The molecule has 0 spiro atoms. The van der Waals surface area contributed by atoms with Gasteiger partial charge in [-0.2, -0.15) is 13.2 Å². The fourth-order valence-corrected chi connectivity index (χ4v) is 3.70. The van der Waals surface area contributed by atoms with Crippen molar-refractivity contribution in [2.75, 3.05) is 0 Å². The second-order valence-electron chi connectivity index (χ2n) is 6.21. The fraction of sp³-hybridized carbons (Fsp3) is 0.182. The van der Waals surface area contributed by atoms with Crippen molar-refractivity contribution >= 4 is 68.5 Å². The summed E-state index contributed by atoms with van der Waals surface area (Å²) in [6.07, 6.45) is -2.22. The highest BCUT2D eigenvalue weighted by atomic mass is 79.9. The first kappa shape index (κ1) is 28.1. The van der Waals surface area contributed by atoms with Gasteiger partial charge >= 0.3 is 6.18 Å². The molecule has 2 N–H and O–H groups in total. The summed E-state index contributed by atoms with van der Waals surface area (Å²) >= 11 is 20.7. The van der Waals surface area contributed by atoms with Gasteiger partial charge in [0, 0.05) is 10.0 Å². The van der Waals surface area contributed by atoms with Gasteiger partial charge in [-0.15, -0.1) is 0 Å². The summed E-state index contributed by atoms with van der Waals surface area (Å²) in [7, 11) is 0. The van der Waals surface area contributed by atoms with E-state index in [2.05, 4.69) is 33.5 Å². The molecule has 2 aromatic carbocycles. The molecule has 0 fully saturated rings. The predicted octanol–water partition coefficient (Wildman–Crippen LogP) is 7.47. The maximum Gasteiger partial charge on any atom is 0.399 e. The number of nitrogens with two attached hydrogens (primary N) is 1. The van der Waals surface area contributed by atoms with Crippen molar-refractivity contribution in [2.24, 2.45) is 5.73 Å². The maximum absolute atomic E-state index is 13.5. The molecule has 0 saturated carbocycles. The summed E-state index contributed by atoms with van der Waals surface area (Å²) in [5.41, 5.74) is 5.42. The number of Topliss-reactive ketones (excluding diaryl/α,β-unsaturated/α-hetero) is 1. The Bertz CT molecular complexity index is 1080. The zero-order valence-electron chi connectivity index (χ0n) is 16.7. The quantitative estimate of drug-likeness (QED) is 0.236. The summed E-state index contributed by atoms with van der Waals surface area (Å²) in [4.78, 5) is 21.1. The van der Waals surface area contributed by atoms with Crippen LogP contribution in [0.15, 0.2) is 40.9 Å². The van der Waals surface area contributed by atoms with Crippen LogP contribution in [-0.2, 0) is 4.79 Å². The predicted molar refractivity (Wildman–Crippen MR) is 126 cm³/mol. The molecule has 0 saturated heterocycles. The monoisotopic (exact) mass is 567 g/mol. The van der Waals surface area contributed by atoms with Crippen molar-refractivity contribution in [3.8, 4) is 11.8 Å². The summed E-state index contributed by atoms with van der Waals surface area (Å²) in [5, 5.41) is -0.0958. The van der Waals surface area contributed by atoms with E-state index in [9.17, 15) is 22.8 Å². The number of primary amides is 1. The van der Waals surface area contributed by atoms with Crippen LogP contribution in [0.3, 0.4) is 0 Å². The largest absolute Gasteiger partial charge is 0.399 e. The lowest BCUT2D eigenvalue weighted by Gasteiger charge is -2.18. The van der Waals surface area contributed by atoms with Crippen molar-refractivity contribution in [3.05, 3.63) is 72.6 Å². The molecule has 2 aromatic rings. The van der Waals surface area contributed by atoms with Gasteiger partial charge in [0.05, 0.1) is 21.0 Å². The van der Waals surface area contributed by atoms with Crippen molar-refractivity contribution < 1.29 is 22.8 Å². The van der Waals surface area contributed by atoms with Crippen LogP contribution >= 0.6 is 50.7 Å². The molecule has 1 unspecified atom stereocenters. The number of carbonyl (C=O) groups is 2. The molecule has 32 heavy (non-hydrogen) atoms. The van der Waals surface area contributed by atoms with E-state index < -0.39 is 18.0 Å². The highest BCUT2D eigenvalue weighted by Gasteiger charge is 2.39. The van der Waals surface area contributed by atoms with E-state index in [1.165, 1.54) is 13.0 Å². The van der Waals surface area contributed by atoms with E-state index in [4.69, 9.17) is 34.8 Å². The van der Waals surface area contributed by atoms with E-state index >= 15 is 0 Å². The van der Waals surface area contributed by atoms with Crippen LogP contribution in [0.5, 0.6) is 0 Å². The number of carbonyl (C=O) groups excluding carboxylic acids is 2. The minimum atomic E-state index is -4.55. The Morgan fingerprint density at radius 1 is 1.12 bits per heavy atom. The third kappa shape index (κ3) is 8.51. The molecule has 0 bridgehead atoms. The lowest BCUT2D eigenvalue weighted by molar-refractivity contribution is -0.139. The number of hydrogen-bond acceptors (Lipinski definition) is 2. The highest BCUT2D eigenvalue weighted by molar-refractivity contribution is 9.10. The minimum Gasteiger partial charge on any atom is -0.359 e. The number of benzene rings is 2. The maximum atomic E-state index is 13.5. The Kier molecular flexibility index (Phi) is 10.8. The molecule has 0 heterocycles. The van der Waals surface area contributed by atoms with Gasteiger partial charge in [-0.3, -0.25) is 9.59 Å². The molecular formula is C22H16BrCl3F3NO2. The molecule has 2 rings (SSSR count). The second-order valence-corrected chi connectivity index (χ2v) is 8.26. The van der Waals surface area contributed by atoms with Crippen LogP contribution < -0.4 is 5.73 Å². The summed E-state index contributed by atoms with van der Waals surface area (Å²) < 4.78 is 41.0. The third-order valence-electron chi connectivity index (χ3n) is 3.82. The van der Waals surface area contributed by atoms with Crippen LogP contribution in [-0.4, -0.2) is 17.9 Å². The highest BCUT2D eigenvalue weighted by Crippen LogP contribution is 2.41. The first-order valence-electron chi connectivity index (χ1n) is 8.70. The molecule has 0 aliphatic carbocycles. The molecule has 0 radical (unpaired) electrons. The van der Waals surface area contributed by atoms with Crippen LogP contribution in [0.2, 0.25) is 15.1 Å². The van der Waals surface area contributed by atoms with Gasteiger partial charge in [-0.1, -0.05) is 74.9 Å². The number of halogens is 7. The number of allylic oxidation sites excluding steroid dienone is 1. The molecule has 0 aromatic heterocycles. The zero-order valence-corrected chi connectivity index (χ0v) is 20.5.